The van der Waals surface area contributed by atoms with Crippen LogP contribution < -0.4 is 14.8 Å². The van der Waals surface area contributed by atoms with Gasteiger partial charge in [0.05, 0.1) is 32.9 Å². The van der Waals surface area contributed by atoms with E-state index in [4.69, 9.17) is 14.2 Å². The number of nitrogens with zero attached hydrogens (tertiary/aromatic N) is 2. The minimum absolute atomic E-state index is 0.0496. The third-order valence-corrected chi connectivity index (χ3v) is 7.36. The van der Waals surface area contributed by atoms with Crippen LogP contribution in [-0.2, 0) is 20.9 Å². The van der Waals surface area contributed by atoms with E-state index in [1.165, 1.54) is 4.90 Å². The fraction of sp³-hybridized carbons (Fsp3) is 0.444. The van der Waals surface area contributed by atoms with E-state index >= 15 is 0 Å². The zero-order valence-electron chi connectivity index (χ0n) is 20.5. The zero-order chi connectivity index (χ0) is 25.2. The molecule has 4 unspecified atom stereocenters. The maximum Gasteiger partial charge on any atom is 0.327 e. The fourth-order valence-corrected chi connectivity index (χ4v) is 5.57. The summed E-state index contributed by atoms with van der Waals surface area (Å²) in [5.74, 6) is 0.761. The van der Waals surface area contributed by atoms with Gasteiger partial charge in [0, 0.05) is 11.6 Å². The fourth-order valence-electron chi connectivity index (χ4n) is 5.57. The minimum Gasteiger partial charge on any atom is -0.497 e. The molecule has 0 radical (unpaired) electrons. The van der Waals surface area contributed by atoms with Gasteiger partial charge in [0.2, 0.25) is 5.91 Å². The van der Waals surface area contributed by atoms with E-state index in [1.54, 1.807) is 55.5 Å². The van der Waals surface area contributed by atoms with Gasteiger partial charge in [-0.1, -0.05) is 25.0 Å². The number of anilines is 1. The van der Waals surface area contributed by atoms with Crippen LogP contribution in [0.15, 0.2) is 48.5 Å². The number of benzene rings is 2. The molecule has 0 aromatic heterocycles. The molecule has 4 atom stereocenters. The highest BCUT2D eigenvalue weighted by molar-refractivity contribution is 6.02. The summed E-state index contributed by atoms with van der Waals surface area (Å²) in [5.41, 5.74) is 1.39. The maximum absolute atomic E-state index is 13.7. The number of amides is 4. The van der Waals surface area contributed by atoms with Crippen molar-refractivity contribution in [3.8, 4) is 11.5 Å². The lowest BCUT2D eigenvalue weighted by Crippen LogP contribution is -2.65. The van der Waals surface area contributed by atoms with Crippen molar-refractivity contribution in [3.63, 3.8) is 0 Å². The molecule has 1 saturated carbocycles. The molecule has 0 bridgehead atoms. The summed E-state index contributed by atoms with van der Waals surface area (Å²) in [6, 6.07) is 13.3. The van der Waals surface area contributed by atoms with E-state index in [-0.39, 0.29) is 36.9 Å². The van der Waals surface area contributed by atoms with E-state index in [2.05, 4.69) is 5.32 Å². The second kappa shape index (κ2) is 10.2. The van der Waals surface area contributed by atoms with E-state index in [0.717, 1.165) is 31.2 Å². The number of ether oxygens (including phenoxy) is 3. The number of carbonyl (C=O) groups is 3. The topological polar surface area (TPSA) is 97.4 Å². The molecular formula is C27H31N3O6. The standard InChI is InChI=1S/C27H31N3O6/c1-34-19-11-7-17(8-12-19)15-30-26(32)25-24(21-5-3-4-6-22(21)36-25)29(27(30)33)16-23(31)28-18-9-13-20(35-2)14-10-18/h7-14,21-22,24-25H,3-6,15-16H2,1-2H3,(H,28,31). The molecule has 1 aliphatic carbocycles. The van der Waals surface area contributed by atoms with Crippen LogP contribution in [0.3, 0.4) is 0 Å². The molecule has 2 aromatic rings. The summed E-state index contributed by atoms with van der Waals surface area (Å²) in [4.78, 5) is 43.0. The highest BCUT2D eigenvalue weighted by Gasteiger charge is 2.57. The molecule has 2 aromatic carbocycles. The Labute approximate surface area is 210 Å². The third-order valence-electron chi connectivity index (χ3n) is 7.36. The normalized spacial score (nSPS) is 25.3. The van der Waals surface area contributed by atoms with E-state index in [9.17, 15) is 14.4 Å². The average molecular weight is 494 g/mol. The Kier molecular flexibility index (Phi) is 6.82. The Balaban J connectivity index is 1.38. The van der Waals surface area contributed by atoms with Gasteiger partial charge in [0.1, 0.15) is 18.0 Å². The van der Waals surface area contributed by atoms with Crippen LogP contribution in [0.4, 0.5) is 10.5 Å². The first kappa shape index (κ1) is 24.1. The lowest BCUT2D eigenvalue weighted by atomic mass is 9.81. The molecule has 1 N–H and O–H groups in total. The Bertz CT molecular complexity index is 1120. The molecule has 3 fully saturated rings. The van der Waals surface area contributed by atoms with Crippen molar-refractivity contribution in [1.29, 1.82) is 0 Å². The number of rotatable bonds is 7. The van der Waals surface area contributed by atoms with Crippen molar-refractivity contribution in [1.82, 2.24) is 9.80 Å². The van der Waals surface area contributed by atoms with E-state index < -0.39 is 18.2 Å². The Morgan fingerprint density at radius 1 is 0.972 bits per heavy atom. The predicted octanol–water partition coefficient (Wildman–Crippen LogP) is 3.43. The number of urea groups is 1. The zero-order valence-corrected chi connectivity index (χ0v) is 20.5. The van der Waals surface area contributed by atoms with E-state index in [0.29, 0.717) is 17.2 Å². The van der Waals surface area contributed by atoms with Gasteiger partial charge in [-0.3, -0.25) is 14.5 Å². The number of fused-ring (bicyclic) bond motifs is 3. The summed E-state index contributed by atoms with van der Waals surface area (Å²) < 4.78 is 16.6. The van der Waals surface area contributed by atoms with Crippen molar-refractivity contribution < 1.29 is 28.6 Å². The monoisotopic (exact) mass is 493 g/mol. The summed E-state index contributed by atoms with van der Waals surface area (Å²) in [6.45, 7) is -0.0643. The largest absolute Gasteiger partial charge is 0.497 e. The van der Waals surface area contributed by atoms with Crippen LogP contribution in [-0.4, -0.2) is 66.7 Å². The number of hydrogen-bond donors (Lipinski definition) is 1. The Hall–Kier alpha value is -3.59. The molecule has 0 spiro atoms. The second-order valence-corrected chi connectivity index (χ2v) is 9.49. The van der Waals surface area contributed by atoms with Crippen LogP contribution in [0.25, 0.3) is 0 Å². The predicted molar refractivity (Wildman–Crippen MR) is 132 cm³/mol. The van der Waals surface area contributed by atoms with Crippen molar-refractivity contribution in [2.24, 2.45) is 5.92 Å². The van der Waals surface area contributed by atoms with Gasteiger partial charge in [0.25, 0.3) is 5.91 Å². The van der Waals surface area contributed by atoms with Gasteiger partial charge in [-0.15, -0.1) is 0 Å². The third kappa shape index (κ3) is 4.63. The summed E-state index contributed by atoms with van der Waals surface area (Å²) in [7, 11) is 3.16. The molecule has 190 valence electrons. The lowest BCUT2D eigenvalue weighted by molar-refractivity contribution is -0.147. The highest BCUT2D eigenvalue weighted by Crippen LogP contribution is 2.43. The summed E-state index contributed by atoms with van der Waals surface area (Å²) in [6.07, 6.45) is 2.97. The minimum atomic E-state index is -0.761. The van der Waals surface area contributed by atoms with Crippen LogP contribution in [0.1, 0.15) is 31.2 Å². The molecule has 36 heavy (non-hydrogen) atoms. The smallest absolute Gasteiger partial charge is 0.327 e. The molecular weight excluding hydrogens is 462 g/mol. The number of hydrogen-bond acceptors (Lipinski definition) is 6. The Morgan fingerprint density at radius 2 is 1.61 bits per heavy atom. The Morgan fingerprint density at radius 3 is 2.28 bits per heavy atom. The van der Waals surface area contributed by atoms with Gasteiger partial charge < -0.3 is 24.4 Å². The van der Waals surface area contributed by atoms with Gasteiger partial charge in [-0.05, 0) is 54.8 Å². The number of imide groups is 1. The van der Waals surface area contributed by atoms with Crippen molar-refractivity contribution in [2.75, 3.05) is 26.1 Å². The molecule has 2 aliphatic heterocycles. The van der Waals surface area contributed by atoms with Gasteiger partial charge in [0.15, 0.2) is 6.10 Å². The first-order valence-electron chi connectivity index (χ1n) is 12.3. The number of methoxy groups -OCH3 is 2. The molecule has 2 heterocycles. The summed E-state index contributed by atoms with van der Waals surface area (Å²) in [5, 5.41) is 2.85. The van der Waals surface area contributed by atoms with Crippen molar-refractivity contribution in [2.45, 2.75) is 50.5 Å². The number of carbonyl (C=O) groups excluding carboxylic acids is 3. The highest BCUT2D eigenvalue weighted by atomic mass is 16.5. The van der Waals surface area contributed by atoms with Crippen LogP contribution >= 0.6 is 0 Å². The first-order valence-corrected chi connectivity index (χ1v) is 12.3. The molecule has 2 saturated heterocycles. The van der Waals surface area contributed by atoms with Crippen LogP contribution in [0, 0.1) is 5.92 Å². The maximum atomic E-state index is 13.7. The quantitative estimate of drug-likeness (QED) is 0.635. The molecule has 3 aliphatic rings. The van der Waals surface area contributed by atoms with E-state index in [1.807, 2.05) is 12.1 Å². The van der Waals surface area contributed by atoms with Crippen LogP contribution in [0.2, 0.25) is 0 Å². The van der Waals surface area contributed by atoms with Crippen LogP contribution in [0.5, 0.6) is 11.5 Å². The molecule has 9 heteroatoms. The first-order chi connectivity index (χ1) is 17.5. The van der Waals surface area contributed by atoms with Gasteiger partial charge >= 0.3 is 6.03 Å². The second-order valence-electron chi connectivity index (χ2n) is 9.49. The molecule has 9 nitrogen and oxygen atoms in total. The average Bonchev–Trinajstić information content (AvgIpc) is 3.30. The number of nitrogens with one attached hydrogen (secondary N) is 1. The van der Waals surface area contributed by atoms with Crippen molar-refractivity contribution in [3.05, 3.63) is 54.1 Å². The molecule has 4 amide bonds. The van der Waals surface area contributed by atoms with Gasteiger partial charge in [-0.25, -0.2) is 4.79 Å². The SMILES string of the molecule is COc1ccc(CN2C(=O)C3OC4CCCCC4C3N(CC(=O)Nc3ccc(OC)cc3)C2=O)cc1. The molecule has 5 rings (SSSR count). The van der Waals surface area contributed by atoms with Crippen molar-refractivity contribution >= 4 is 23.5 Å². The van der Waals surface area contributed by atoms with Gasteiger partial charge in [-0.2, -0.15) is 0 Å². The lowest BCUT2D eigenvalue weighted by Gasteiger charge is -2.43. The summed E-state index contributed by atoms with van der Waals surface area (Å²) >= 11 is 0.